The zero-order chi connectivity index (χ0) is 10.1. The van der Waals surface area contributed by atoms with Crippen LogP contribution in [0.25, 0.3) is 0 Å². The fraction of sp³-hybridized carbons (Fsp3) is 1.00. The molecule has 1 aliphatic carbocycles. The molecule has 0 aliphatic heterocycles. The van der Waals surface area contributed by atoms with E-state index in [2.05, 4.69) is 0 Å². The maximum atomic E-state index is 12.0. The van der Waals surface area contributed by atoms with Crippen LogP contribution in [0.15, 0.2) is 0 Å². The molecule has 13 heavy (non-hydrogen) atoms. The van der Waals surface area contributed by atoms with Crippen LogP contribution in [-0.4, -0.2) is 23.7 Å². The summed E-state index contributed by atoms with van der Waals surface area (Å²) >= 11 is 0. The van der Waals surface area contributed by atoms with Gasteiger partial charge in [-0.15, -0.1) is 0 Å². The number of hydrogen-bond donors (Lipinski definition) is 1. The Morgan fingerprint density at radius 3 is 2.08 bits per heavy atom. The molecule has 1 N–H and O–H groups in total. The topological polar surface area (TPSA) is 55.8 Å². The first-order valence-corrected chi connectivity index (χ1v) is 6.16. The van der Waals surface area contributed by atoms with Crippen molar-refractivity contribution < 1.29 is 18.7 Å². The molecule has 0 heterocycles. The third-order valence-corrected chi connectivity index (χ3v) is 5.08. The van der Waals surface area contributed by atoms with Crippen molar-refractivity contribution in [1.82, 2.24) is 0 Å². The minimum atomic E-state index is -3.29. The van der Waals surface area contributed by atoms with Crippen molar-refractivity contribution in [2.45, 2.75) is 32.5 Å². The highest BCUT2D eigenvalue weighted by atomic mass is 31.2. The van der Waals surface area contributed by atoms with Crippen molar-refractivity contribution in [2.24, 2.45) is 5.92 Å². The molecule has 0 bridgehead atoms. The standard InChI is InChI=1S/C8H17O4P/c1-4-11-13(10,12-5-2)8(9)6-7(8)3/h7,9H,4-6H2,1-3H3/t7-,8-/m0/s1. The molecular weight excluding hydrogens is 191 g/mol. The number of hydrogen-bond acceptors (Lipinski definition) is 4. The first-order valence-electron chi connectivity index (χ1n) is 4.61. The third-order valence-electron chi connectivity index (χ3n) is 2.31. The average Bonchev–Trinajstić information content (AvgIpc) is 2.62. The van der Waals surface area contributed by atoms with E-state index in [0.29, 0.717) is 19.6 Å². The molecule has 2 atom stereocenters. The molecule has 5 heteroatoms. The van der Waals surface area contributed by atoms with Crippen LogP contribution in [0.5, 0.6) is 0 Å². The second-order valence-corrected chi connectivity index (χ2v) is 5.60. The molecule has 78 valence electrons. The van der Waals surface area contributed by atoms with Gasteiger partial charge in [0.2, 0.25) is 0 Å². The van der Waals surface area contributed by atoms with Gasteiger partial charge in [0.05, 0.1) is 13.2 Å². The third kappa shape index (κ3) is 1.82. The lowest BCUT2D eigenvalue weighted by atomic mass is 10.5. The van der Waals surface area contributed by atoms with Crippen LogP contribution in [0.4, 0.5) is 0 Å². The Labute approximate surface area is 78.8 Å². The van der Waals surface area contributed by atoms with Gasteiger partial charge in [-0.05, 0) is 26.2 Å². The summed E-state index contributed by atoms with van der Waals surface area (Å²) in [5.74, 6) is 0.0106. The summed E-state index contributed by atoms with van der Waals surface area (Å²) in [4.78, 5) is 0. The Morgan fingerprint density at radius 2 is 1.85 bits per heavy atom. The van der Waals surface area contributed by atoms with Crippen molar-refractivity contribution in [3.8, 4) is 0 Å². The number of aliphatic hydroxyl groups is 1. The first kappa shape index (κ1) is 11.2. The van der Waals surface area contributed by atoms with Crippen LogP contribution in [0, 0.1) is 5.92 Å². The molecule has 1 fully saturated rings. The van der Waals surface area contributed by atoms with Crippen molar-refractivity contribution >= 4 is 7.60 Å². The summed E-state index contributed by atoms with van der Waals surface area (Å²) in [7, 11) is -3.29. The van der Waals surface area contributed by atoms with E-state index in [1.54, 1.807) is 13.8 Å². The van der Waals surface area contributed by atoms with Crippen molar-refractivity contribution in [3.63, 3.8) is 0 Å². The van der Waals surface area contributed by atoms with Gasteiger partial charge in [0, 0.05) is 0 Å². The van der Waals surface area contributed by atoms with Crippen LogP contribution in [0.2, 0.25) is 0 Å². The van der Waals surface area contributed by atoms with E-state index in [9.17, 15) is 9.67 Å². The lowest BCUT2D eigenvalue weighted by Gasteiger charge is -2.22. The van der Waals surface area contributed by atoms with E-state index in [0.717, 1.165) is 0 Å². The van der Waals surface area contributed by atoms with Crippen LogP contribution in [-0.2, 0) is 13.6 Å². The van der Waals surface area contributed by atoms with E-state index in [4.69, 9.17) is 9.05 Å². The second-order valence-electron chi connectivity index (χ2n) is 3.32. The highest BCUT2D eigenvalue weighted by Gasteiger charge is 2.65. The predicted molar refractivity (Wildman–Crippen MR) is 49.6 cm³/mol. The van der Waals surface area contributed by atoms with Gasteiger partial charge in [0.1, 0.15) is 0 Å². The van der Waals surface area contributed by atoms with Gasteiger partial charge in [0.25, 0.3) is 0 Å². The lowest BCUT2D eigenvalue weighted by molar-refractivity contribution is 0.128. The van der Waals surface area contributed by atoms with Gasteiger partial charge in [-0.3, -0.25) is 4.57 Å². The largest absolute Gasteiger partial charge is 0.377 e. The van der Waals surface area contributed by atoms with E-state index in [-0.39, 0.29) is 5.92 Å². The average molecular weight is 208 g/mol. The number of rotatable bonds is 5. The second kappa shape index (κ2) is 3.70. The normalized spacial score (nSPS) is 33.4. The van der Waals surface area contributed by atoms with Crippen molar-refractivity contribution in [2.75, 3.05) is 13.2 Å². The summed E-state index contributed by atoms with van der Waals surface area (Å²) in [5.41, 5.74) is 0. The van der Waals surface area contributed by atoms with E-state index in [1.165, 1.54) is 0 Å². The maximum Gasteiger partial charge on any atom is 0.362 e. The zero-order valence-corrected chi connectivity index (χ0v) is 9.21. The lowest BCUT2D eigenvalue weighted by Crippen LogP contribution is -2.15. The van der Waals surface area contributed by atoms with Crippen LogP contribution < -0.4 is 0 Å². The van der Waals surface area contributed by atoms with Crippen LogP contribution in [0.3, 0.4) is 0 Å². The van der Waals surface area contributed by atoms with Gasteiger partial charge >= 0.3 is 7.60 Å². The molecule has 0 spiro atoms. The molecule has 0 radical (unpaired) electrons. The van der Waals surface area contributed by atoms with E-state index >= 15 is 0 Å². The summed E-state index contributed by atoms with van der Waals surface area (Å²) in [5, 5.41) is 8.64. The molecule has 0 aromatic carbocycles. The Balaban J connectivity index is 2.73. The molecule has 0 saturated heterocycles. The zero-order valence-electron chi connectivity index (χ0n) is 8.32. The Kier molecular flexibility index (Phi) is 3.18. The Morgan fingerprint density at radius 1 is 1.46 bits per heavy atom. The first-order chi connectivity index (χ1) is 6.00. The molecule has 1 rings (SSSR count). The highest BCUT2D eigenvalue weighted by Crippen LogP contribution is 2.72. The van der Waals surface area contributed by atoms with Crippen molar-refractivity contribution in [3.05, 3.63) is 0 Å². The quantitative estimate of drug-likeness (QED) is 0.702. The van der Waals surface area contributed by atoms with Gasteiger partial charge in [-0.25, -0.2) is 0 Å². The van der Waals surface area contributed by atoms with Crippen LogP contribution in [0.1, 0.15) is 27.2 Å². The fourth-order valence-corrected chi connectivity index (χ4v) is 3.61. The molecule has 0 unspecified atom stereocenters. The van der Waals surface area contributed by atoms with Gasteiger partial charge in [-0.2, -0.15) is 0 Å². The molecule has 0 amide bonds. The molecule has 0 aromatic heterocycles. The fourth-order valence-electron chi connectivity index (χ4n) is 1.37. The summed E-state index contributed by atoms with van der Waals surface area (Å²) < 4.78 is 22.1. The van der Waals surface area contributed by atoms with E-state index in [1.807, 2.05) is 6.92 Å². The molecule has 0 aromatic rings. The van der Waals surface area contributed by atoms with Crippen molar-refractivity contribution in [1.29, 1.82) is 0 Å². The van der Waals surface area contributed by atoms with Gasteiger partial charge < -0.3 is 14.2 Å². The molecule has 1 aliphatic rings. The SMILES string of the molecule is CCOP(=O)(OCC)[C@@]1(O)C[C@@H]1C. The van der Waals surface area contributed by atoms with Crippen LogP contribution >= 0.6 is 7.60 Å². The van der Waals surface area contributed by atoms with E-state index < -0.39 is 12.9 Å². The minimum Gasteiger partial charge on any atom is -0.377 e. The summed E-state index contributed by atoms with van der Waals surface area (Å²) in [6, 6.07) is 0. The monoisotopic (exact) mass is 208 g/mol. The highest BCUT2D eigenvalue weighted by molar-refractivity contribution is 7.55. The minimum absolute atomic E-state index is 0.0106. The Bertz CT molecular complexity index is 220. The van der Waals surface area contributed by atoms with Gasteiger partial charge in [0.15, 0.2) is 5.34 Å². The predicted octanol–water partition coefficient (Wildman–Crippen LogP) is 1.98. The molecular formula is C8H17O4P. The smallest absolute Gasteiger partial charge is 0.362 e. The van der Waals surface area contributed by atoms with Gasteiger partial charge in [-0.1, -0.05) is 6.92 Å². The Hall–Kier alpha value is 0.110. The molecule has 4 nitrogen and oxygen atoms in total. The maximum absolute atomic E-state index is 12.0. The summed E-state index contributed by atoms with van der Waals surface area (Å²) in [6.07, 6.45) is 0.504. The molecule has 1 saturated carbocycles. The summed E-state index contributed by atoms with van der Waals surface area (Å²) in [6.45, 7) is 5.91.